The number of fused-ring (bicyclic) bond motifs is 1. The minimum absolute atomic E-state index is 0.0297. The van der Waals surface area contributed by atoms with Crippen molar-refractivity contribution in [2.75, 3.05) is 14.1 Å². The van der Waals surface area contributed by atoms with Gasteiger partial charge >= 0.3 is 0 Å². The second-order valence-electron chi connectivity index (χ2n) is 6.85. The van der Waals surface area contributed by atoms with Crippen molar-refractivity contribution in [3.05, 3.63) is 77.9 Å². The van der Waals surface area contributed by atoms with Crippen molar-refractivity contribution < 1.29 is 13.2 Å². The number of carbonyl (C=O) groups is 1. The Labute approximate surface area is 166 Å². The van der Waals surface area contributed by atoms with Gasteiger partial charge in [-0.3, -0.25) is 4.79 Å². The van der Waals surface area contributed by atoms with Gasteiger partial charge in [0.05, 0.1) is 4.90 Å². The average Bonchev–Trinajstić information content (AvgIpc) is 2.70. The predicted octanol–water partition coefficient (Wildman–Crippen LogP) is 3.34. The molecule has 0 saturated heterocycles. The molecule has 0 atom stereocenters. The fourth-order valence-corrected chi connectivity index (χ4v) is 3.93. The van der Waals surface area contributed by atoms with Crippen molar-refractivity contribution in [3.8, 4) is 0 Å². The predicted molar refractivity (Wildman–Crippen MR) is 111 cm³/mol. The Kier molecular flexibility index (Phi) is 6.11. The minimum atomic E-state index is -3.43. The van der Waals surface area contributed by atoms with Gasteiger partial charge < -0.3 is 5.32 Å². The summed E-state index contributed by atoms with van der Waals surface area (Å²) >= 11 is 0. The van der Waals surface area contributed by atoms with Gasteiger partial charge in [-0.25, -0.2) is 12.7 Å². The highest BCUT2D eigenvalue weighted by atomic mass is 32.2. The van der Waals surface area contributed by atoms with Crippen LogP contribution in [-0.2, 0) is 27.8 Å². The molecule has 0 saturated carbocycles. The van der Waals surface area contributed by atoms with Gasteiger partial charge in [0.1, 0.15) is 0 Å². The van der Waals surface area contributed by atoms with Crippen molar-refractivity contribution in [1.82, 2.24) is 9.62 Å². The molecule has 1 amide bonds. The molecular weight excluding hydrogens is 372 g/mol. The van der Waals surface area contributed by atoms with Crippen LogP contribution in [-0.4, -0.2) is 32.7 Å². The highest BCUT2D eigenvalue weighted by molar-refractivity contribution is 7.89. The lowest BCUT2D eigenvalue weighted by Crippen LogP contribution is -2.23. The number of hydrogen-bond donors (Lipinski definition) is 1. The smallest absolute Gasteiger partial charge is 0.242 e. The monoisotopic (exact) mass is 396 g/mol. The molecule has 1 N–H and O–H groups in total. The molecule has 5 nitrogen and oxygen atoms in total. The topological polar surface area (TPSA) is 66.5 Å². The van der Waals surface area contributed by atoms with Gasteiger partial charge in [0, 0.05) is 27.1 Å². The Balaban J connectivity index is 1.56. The second kappa shape index (κ2) is 8.54. The fraction of sp³-hybridized carbons (Fsp3) is 0.227. The normalized spacial score (nSPS) is 11.7. The molecule has 3 aromatic rings. The van der Waals surface area contributed by atoms with E-state index in [1.807, 2.05) is 24.3 Å². The van der Waals surface area contributed by atoms with E-state index in [0.717, 1.165) is 21.9 Å². The Morgan fingerprint density at radius 1 is 0.929 bits per heavy atom. The van der Waals surface area contributed by atoms with Crippen molar-refractivity contribution in [2.45, 2.75) is 24.3 Å². The van der Waals surface area contributed by atoms with Crippen LogP contribution in [0.2, 0.25) is 0 Å². The van der Waals surface area contributed by atoms with Crippen LogP contribution in [0.5, 0.6) is 0 Å². The molecule has 0 aliphatic rings. The first-order valence-corrected chi connectivity index (χ1v) is 10.6. The Morgan fingerprint density at radius 3 is 2.32 bits per heavy atom. The first-order valence-electron chi connectivity index (χ1n) is 9.13. The summed E-state index contributed by atoms with van der Waals surface area (Å²) in [5.41, 5.74) is 2.02. The van der Waals surface area contributed by atoms with Gasteiger partial charge in [0.2, 0.25) is 15.9 Å². The third kappa shape index (κ3) is 4.58. The lowest BCUT2D eigenvalue weighted by atomic mass is 10.0. The molecule has 0 radical (unpaired) electrons. The SMILES string of the molecule is CN(C)S(=O)(=O)c1ccc(CCC(=O)NCc2cccc3ccccc23)cc1. The maximum absolute atomic E-state index is 12.2. The summed E-state index contributed by atoms with van der Waals surface area (Å²) in [6.07, 6.45) is 0.911. The number of sulfonamides is 1. The van der Waals surface area contributed by atoms with E-state index in [-0.39, 0.29) is 10.8 Å². The van der Waals surface area contributed by atoms with E-state index in [2.05, 4.69) is 23.5 Å². The number of nitrogens with one attached hydrogen (secondary N) is 1. The third-order valence-electron chi connectivity index (χ3n) is 4.70. The van der Waals surface area contributed by atoms with E-state index in [9.17, 15) is 13.2 Å². The van der Waals surface area contributed by atoms with E-state index in [0.29, 0.717) is 19.4 Å². The number of carbonyl (C=O) groups excluding carboxylic acids is 1. The minimum Gasteiger partial charge on any atom is -0.352 e. The van der Waals surface area contributed by atoms with E-state index < -0.39 is 10.0 Å². The van der Waals surface area contributed by atoms with E-state index >= 15 is 0 Å². The van der Waals surface area contributed by atoms with Gasteiger partial charge in [-0.15, -0.1) is 0 Å². The van der Waals surface area contributed by atoms with E-state index in [1.165, 1.54) is 18.4 Å². The number of rotatable bonds is 7. The summed E-state index contributed by atoms with van der Waals surface area (Å²) in [5, 5.41) is 5.27. The standard InChI is InChI=1S/C22H24N2O3S/c1-24(2)28(26,27)20-13-10-17(11-14-20)12-15-22(25)23-16-19-8-5-7-18-6-3-4-9-21(18)19/h3-11,13-14H,12,15-16H2,1-2H3,(H,23,25). The molecule has 0 fully saturated rings. The molecule has 146 valence electrons. The van der Waals surface area contributed by atoms with Gasteiger partial charge in [-0.1, -0.05) is 54.6 Å². The molecule has 0 aliphatic heterocycles. The quantitative estimate of drug-likeness (QED) is 0.666. The molecule has 28 heavy (non-hydrogen) atoms. The first-order chi connectivity index (χ1) is 13.4. The lowest BCUT2D eigenvalue weighted by molar-refractivity contribution is -0.121. The Bertz CT molecular complexity index is 1070. The van der Waals surface area contributed by atoms with Gasteiger partial charge in [-0.05, 0) is 40.5 Å². The number of hydrogen-bond acceptors (Lipinski definition) is 3. The van der Waals surface area contributed by atoms with Crippen LogP contribution in [0.1, 0.15) is 17.5 Å². The molecule has 3 aromatic carbocycles. The Hall–Kier alpha value is -2.70. The molecule has 6 heteroatoms. The van der Waals surface area contributed by atoms with Gasteiger partial charge in [-0.2, -0.15) is 0 Å². The first kappa shape index (κ1) is 20.0. The average molecular weight is 397 g/mol. The molecular formula is C22H24N2O3S. The number of nitrogens with zero attached hydrogens (tertiary/aromatic N) is 1. The fourth-order valence-electron chi connectivity index (χ4n) is 3.03. The molecule has 0 unspecified atom stereocenters. The summed E-state index contributed by atoms with van der Waals surface area (Å²) in [5.74, 6) is -0.0297. The summed E-state index contributed by atoms with van der Waals surface area (Å²) in [4.78, 5) is 12.5. The Morgan fingerprint density at radius 2 is 1.61 bits per heavy atom. The van der Waals surface area contributed by atoms with Crippen LogP contribution in [0, 0.1) is 0 Å². The second-order valence-corrected chi connectivity index (χ2v) is 9.00. The maximum Gasteiger partial charge on any atom is 0.242 e. The van der Waals surface area contributed by atoms with Crippen molar-refractivity contribution in [3.63, 3.8) is 0 Å². The molecule has 3 rings (SSSR count). The number of amides is 1. The maximum atomic E-state index is 12.2. The highest BCUT2D eigenvalue weighted by Gasteiger charge is 2.16. The van der Waals surface area contributed by atoms with Crippen molar-refractivity contribution in [1.29, 1.82) is 0 Å². The van der Waals surface area contributed by atoms with E-state index in [4.69, 9.17) is 0 Å². The summed E-state index contributed by atoms with van der Waals surface area (Å²) in [7, 11) is -0.421. The number of aryl methyl sites for hydroxylation is 1. The van der Waals surface area contributed by atoms with Crippen molar-refractivity contribution in [2.24, 2.45) is 0 Å². The zero-order valence-electron chi connectivity index (χ0n) is 16.1. The molecule has 0 spiro atoms. The summed E-state index contributed by atoms with van der Waals surface area (Å²) in [6, 6.07) is 20.9. The largest absolute Gasteiger partial charge is 0.352 e. The highest BCUT2D eigenvalue weighted by Crippen LogP contribution is 2.18. The van der Waals surface area contributed by atoms with Crippen LogP contribution in [0.3, 0.4) is 0 Å². The lowest BCUT2D eigenvalue weighted by Gasteiger charge is -2.12. The molecule has 0 heterocycles. The van der Waals surface area contributed by atoms with Crippen LogP contribution in [0.4, 0.5) is 0 Å². The zero-order valence-corrected chi connectivity index (χ0v) is 16.9. The van der Waals surface area contributed by atoms with E-state index in [1.54, 1.807) is 24.3 Å². The van der Waals surface area contributed by atoms with Crippen LogP contribution >= 0.6 is 0 Å². The number of benzene rings is 3. The van der Waals surface area contributed by atoms with Crippen molar-refractivity contribution >= 4 is 26.7 Å². The van der Waals surface area contributed by atoms with Crippen LogP contribution < -0.4 is 5.32 Å². The summed E-state index contributed by atoms with van der Waals surface area (Å²) < 4.78 is 25.4. The molecule has 0 bridgehead atoms. The third-order valence-corrected chi connectivity index (χ3v) is 6.53. The van der Waals surface area contributed by atoms with Crippen LogP contribution in [0.25, 0.3) is 10.8 Å². The molecule has 0 aromatic heterocycles. The molecule has 0 aliphatic carbocycles. The zero-order chi connectivity index (χ0) is 20.1. The van der Waals surface area contributed by atoms with Crippen LogP contribution in [0.15, 0.2) is 71.6 Å². The summed E-state index contributed by atoms with van der Waals surface area (Å²) in [6.45, 7) is 0.486. The van der Waals surface area contributed by atoms with Gasteiger partial charge in [0.15, 0.2) is 0 Å². The van der Waals surface area contributed by atoms with Gasteiger partial charge in [0.25, 0.3) is 0 Å².